The van der Waals surface area contributed by atoms with Crippen LogP contribution in [-0.4, -0.2) is 27.6 Å². The average Bonchev–Trinajstić information content (AvgIpc) is 2.60. The van der Waals surface area contributed by atoms with Crippen LogP contribution >= 0.6 is 11.8 Å². The molecule has 2 N–H and O–H groups in total. The number of thioether (sulfide) groups is 1. The normalized spacial score (nSPS) is 21.6. The molecular formula is C18H15F4N3OS. The van der Waals surface area contributed by atoms with Crippen molar-refractivity contribution in [2.45, 2.75) is 24.8 Å². The summed E-state index contributed by atoms with van der Waals surface area (Å²) in [5.74, 6) is -6.31. The van der Waals surface area contributed by atoms with Gasteiger partial charge in [-0.15, -0.1) is 0 Å². The lowest BCUT2D eigenvalue weighted by molar-refractivity contribution is -0.0484. The highest BCUT2D eigenvalue weighted by Crippen LogP contribution is 2.47. The second kappa shape index (κ2) is 6.95. The zero-order valence-corrected chi connectivity index (χ0v) is 15.0. The van der Waals surface area contributed by atoms with Gasteiger partial charge in [-0.05, 0) is 36.8 Å². The van der Waals surface area contributed by atoms with Crippen LogP contribution in [0, 0.1) is 11.6 Å². The van der Waals surface area contributed by atoms with Crippen LogP contribution in [0.1, 0.15) is 28.5 Å². The molecule has 27 heavy (non-hydrogen) atoms. The molecule has 0 fully saturated rings. The van der Waals surface area contributed by atoms with Gasteiger partial charge in [-0.25, -0.2) is 22.6 Å². The fraction of sp³-hybridized carbons (Fsp3) is 0.278. The van der Waals surface area contributed by atoms with Crippen molar-refractivity contribution in [2.24, 2.45) is 10.7 Å². The van der Waals surface area contributed by atoms with Crippen molar-refractivity contribution in [1.29, 1.82) is 0 Å². The Morgan fingerprint density at radius 1 is 1.26 bits per heavy atom. The fourth-order valence-electron chi connectivity index (χ4n) is 2.81. The number of aromatic nitrogens is 1. The number of halogens is 4. The molecule has 9 heteroatoms. The van der Waals surface area contributed by atoms with Crippen LogP contribution in [0.2, 0.25) is 0 Å². The van der Waals surface area contributed by atoms with Gasteiger partial charge >= 0.3 is 0 Å². The first kappa shape index (κ1) is 19.3. The smallest absolute Gasteiger partial charge is 0.286 e. The lowest BCUT2D eigenvalue weighted by Crippen LogP contribution is -2.48. The number of nitrogens with two attached hydrogens (primary N) is 1. The molecule has 0 radical (unpaired) electrons. The first-order chi connectivity index (χ1) is 12.6. The van der Waals surface area contributed by atoms with E-state index in [2.05, 4.69) is 9.98 Å². The van der Waals surface area contributed by atoms with Gasteiger partial charge in [0.25, 0.3) is 5.92 Å². The van der Waals surface area contributed by atoms with E-state index in [0.29, 0.717) is 11.8 Å². The topological polar surface area (TPSA) is 68.3 Å². The van der Waals surface area contributed by atoms with Crippen LogP contribution in [0.5, 0.6) is 0 Å². The number of carbonyl (C=O) groups is 1. The maximum atomic E-state index is 14.5. The Morgan fingerprint density at radius 3 is 2.70 bits per heavy atom. The lowest BCUT2D eigenvalue weighted by Gasteiger charge is -2.37. The van der Waals surface area contributed by atoms with E-state index in [1.807, 2.05) is 0 Å². The second-order valence-corrected chi connectivity index (χ2v) is 7.26. The van der Waals surface area contributed by atoms with Gasteiger partial charge in [-0.2, -0.15) is 0 Å². The highest BCUT2D eigenvalue weighted by Gasteiger charge is 2.55. The van der Waals surface area contributed by atoms with E-state index >= 15 is 0 Å². The Kier molecular flexibility index (Phi) is 4.98. The predicted molar refractivity (Wildman–Crippen MR) is 95.0 cm³/mol. The molecule has 1 aliphatic rings. The quantitative estimate of drug-likeness (QED) is 0.631. The zero-order chi connectivity index (χ0) is 19.8. The summed E-state index contributed by atoms with van der Waals surface area (Å²) >= 11 is 0.693. The first-order valence-corrected chi connectivity index (χ1v) is 8.91. The van der Waals surface area contributed by atoms with Crippen molar-refractivity contribution < 1.29 is 22.4 Å². The lowest BCUT2D eigenvalue weighted by atomic mass is 9.84. The summed E-state index contributed by atoms with van der Waals surface area (Å²) in [5, 5.41) is -0.0696. The number of amidine groups is 1. The Balaban J connectivity index is 1.99. The van der Waals surface area contributed by atoms with Crippen molar-refractivity contribution >= 4 is 22.7 Å². The third kappa shape index (κ3) is 3.55. The van der Waals surface area contributed by atoms with E-state index in [4.69, 9.17) is 5.73 Å². The molecule has 1 atom stereocenters. The summed E-state index contributed by atoms with van der Waals surface area (Å²) in [5.41, 5.74) is 2.88. The number of aliphatic imine (C=N–C) groups is 1. The van der Waals surface area contributed by atoms with E-state index in [1.165, 1.54) is 18.3 Å². The van der Waals surface area contributed by atoms with Crippen molar-refractivity contribution in [3.05, 3.63) is 65.0 Å². The van der Waals surface area contributed by atoms with Crippen LogP contribution in [0.25, 0.3) is 0 Å². The zero-order valence-electron chi connectivity index (χ0n) is 14.2. The molecule has 0 bridgehead atoms. The number of benzene rings is 1. The number of alkyl halides is 2. The van der Waals surface area contributed by atoms with Gasteiger partial charge in [0, 0.05) is 18.2 Å². The molecule has 2 aromatic rings. The van der Waals surface area contributed by atoms with Crippen molar-refractivity contribution in [3.8, 4) is 0 Å². The number of ketones is 1. The highest BCUT2D eigenvalue weighted by atomic mass is 32.2. The van der Waals surface area contributed by atoms with Gasteiger partial charge in [-0.3, -0.25) is 9.78 Å². The van der Waals surface area contributed by atoms with Crippen LogP contribution < -0.4 is 5.73 Å². The molecule has 2 heterocycles. The molecule has 0 saturated heterocycles. The minimum atomic E-state index is -3.35. The van der Waals surface area contributed by atoms with Crippen molar-refractivity contribution in [1.82, 2.24) is 4.98 Å². The number of Topliss-reactive ketones (excluding diaryl/α,β-unsaturated/α-hetero) is 1. The van der Waals surface area contributed by atoms with Crippen molar-refractivity contribution in [3.63, 3.8) is 0 Å². The van der Waals surface area contributed by atoms with Crippen LogP contribution in [0.3, 0.4) is 0 Å². The number of rotatable bonds is 4. The Morgan fingerprint density at radius 2 is 2.00 bits per heavy atom. The van der Waals surface area contributed by atoms with Crippen LogP contribution in [0.4, 0.5) is 17.6 Å². The van der Waals surface area contributed by atoms with Crippen molar-refractivity contribution in [2.75, 3.05) is 5.75 Å². The molecule has 1 aromatic carbocycles. The highest BCUT2D eigenvalue weighted by molar-refractivity contribution is 8.13. The van der Waals surface area contributed by atoms with Crippen LogP contribution in [0.15, 0.2) is 41.5 Å². The first-order valence-electron chi connectivity index (χ1n) is 7.92. The molecule has 1 aliphatic heterocycles. The molecule has 142 valence electrons. The maximum Gasteiger partial charge on any atom is 0.286 e. The minimum absolute atomic E-state index is 0.0696. The summed E-state index contributed by atoms with van der Waals surface area (Å²) in [4.78, 5) is 19.8. The standard InChI is InChI=1S/C18H15F4N3OS/c1-17(18(21,22)9-27-16(23)25-17)11-7-10(4-5-12(11)19)8-14(26)15-13(20)3-2-6-24-15/h2-7H,8-9H2,1H3,(H2,23,25)/t17-/m1/s1. The van der Waals surface area contributed by atoms with Crippen LogP contribution in [-0.2, 0) is 12.0 Å². The van der Waals surface area contributed by atoms with E-state index in [0.717, 1.165) is 25.1 Å². The summed E-state index contributed by atoms with van der Waals surface area (Å²) in [6.07, 6.45) is 0.946. The Labute approximate surface area is 156 Å². The Hall–Kier alpha value is -2.42. The monoisotopic (exact) mass is 397 g/mol. The summed E-state index contributed by atoms with van der Waals surface area (Å²) in [7, 11) is 0. The largest absolute Gasteiger partial charge is 0.379 e. The molecule has 0 unspecified atom stereocenters. The van der Waals surface area contributed by atoms with Gasteiger partial charge < -0.3 is 5.73 Å². The molecule has 3 rings (SSSR count). The number of hydrogen-bond acceptors (Lipinski definition) is 5. The number of hydrogen-bond donors (Lipinski definition) is 1. The Bertz CT molecular complexity index is 935. The average molecular weight is 397 g/mol. The maximum absolute atomic E-state index is 14.5. The summed E-state index contributed by atoms with van der Waals surface area (Å²) < 4.78 is 57.1. The SMILES string of the molecule is C[C@]1(c2cc(CC(=O)c3ncccc3F)ccc2F)N=C(N)SCC1(F)F. The molecule has 0 saturated carbocycles. The third-order valence-electron chi connectivity index (χ3n) is 4.39. The van der Waals surface area contributed by atoms with Gasteiger partial charge in [0.1, 0.15) is 11.5 Å². The molecule has 4 nitrogen and oxygen atoms in total. The molecule has 0 aliphatic carbocycles. The second-order valence-electron chi connectivity index (χ2n) is 6.26. The fourth-order valence-corrected chi connectivity index (χ4v) is 3.67. The number of carbonyl (C=O) groups excluding carboxylic acids is 1. The molecular weight excluding hydrogens is 382 g/mol. The van der Waals surface area contributed by atoms with E-state index < -0.39 is 34.6 Å². The number of pyridine rings is 1. The van der Waals surface area contributed by atoms with E-state index in [9.17, 15) is 22.4 Å². The third-order valence-corrected chi connectivity index (χ3v) is 5.28. The molecule has 0 spiro atoms. The van der Waals surface area contributed by atoms with E-state index in [-0.39, 0.29) is 28.4 Å². The molecule has 1 aromatic heterocycles. The van der Waals surface area contributed by atoms with Gasteiger partial charge in [-0.1, -0.05) is 17.8 Å². The summed E-state index contributed by atoms with van der Waals surface area (Å²) in [6.45, 7) is 1.10. The minimum Gasteiger partial charge on any atom is -0.379 e. The summed E-state index contributed by atoms with van der Waals surface area (Å²) in [6, 6.07) is 5.85. The van der Waals surface area contributed by atoms with E-state index in [1.54, 1.807) is 0 Å². The van der Waals surface area contributed by atoms with Gasteiger partial charge in [0.15, 0.2) is 22.3 Å². The number of nitrogens with zero attached hydrogens (tertiary/aromatic N) is 2. The van der Waals surface area contributed by atoms with Gasteiger partial charge in [0.2, 0.25) is 0 Å². The predicted octanol–water partition coefficient (Wildman–Crippen LogP) is 3.70. The molecule has 0 amide bonds. The van der Waals surface area contributed by atoms with Gasteiger partial charge in [0.05, 0.1) is 5.75 Å².